The zero-order valence-electron chi connectivity index (χ0n) is 12.8. The fourth-order valence-electron chi connectivity index (χ4n) is 3.14. The molecule has 0 N–H and O–H groups in total. The minimum Gasteiger partial charge on any atom is -0.134 e. The summed E-state index contributed by atoms with van der Waals surface area (Å²) in [4.78, 5) is 0. The number of thiophene rings is 1. The Morgan fingerprint density at radius 2 is 1.36 bits per heavy atom. The topological polar surface area (TPSA) is 0 Å². The first-order valence-corrected chi connectivity index (χ1v) is 8.57. The molecule has 0 fully saturated rings. The standard InChI is InChI=1S/C21H18S/c1-14(2)16-10-6-12-18-19-13-7-11-17(21(19)22-20(16)18)15-8-4-3-5-9-15/h3-14H,1-2H3. The second-order valence-corrected chi connectivity index (χ2v) is 7.05. The summed E-state index contributed by atoms with van der Waals surface area (Å²) in [7, 11) is 0. The van der Waals surface area contributed by atoms with Gasteiger partial charge in [-0.25, -0.2) is 0 Å². The highest BCUT2D eigenvalue weighted by Gasteiger charge is 2.13. The second kappa shape index (κ2) is 5.26. The van der Waals surface area contributed by atoms with Crippen LogP contribution < -0.4 is 0 Å². The second-order valence-electron chi connectivity index (χ2n) is 6.03. The lowest BCUT2D eigenvalue weighted by Crippen LogP contribution is -1.85. The molecular weight excluding hydrogens is 284 g/mol. The van der Waals surface area contributed by atoms with Crippen LogP contribution in [0.15, 0.2) is 66.7 Å². The summed E-state index contributed by atoms with van der Waals surface area (Å²) in [6.45, 7) is 4.55. The van der Waals surface area contributed by atoms with Gasteiger partial charge in [-0.2, -0.15) is 0 Å². The van der Waals surface area contributed by atoms with Crippen LogP contribution in [0.25, 0.3) is 31.3 Å². The van der Waals surface area contributed by atoms with Crippen molar-refractivity contribution in [2.45, 2.75) is 19.8 Å². The fourth-order valence-corrected chi connectivity index (χ4v) is 4.64. The van der Waals surface area contributed by atoms with Crippen LogP contribution >= 0.6 is 11.3 Å². The molecule has 0 aliphatic carbocycles. The number of hydrogen-bond acceptors (Lipinski definition) is 1. The van der Waals surface area contributed by atoms with Gasteiger partial charge in [-0.15, -0.1) is 11.3 Å². The number of hydrogen-bond donors (Lipinski definition) is 0. The molecule has 0 unspecified atom stereocenters. The Hall–Kier alpha value is -2.12. The van der Waals surface area contributed by atoms with Gasteiger partial charge in [0, 0.05) is 20.2 Å². The molecule has 0 bridgehead atoms. The van der Waals surface area contributed by atoms with Gasteiger partial charge in [0.25, 0.3) is 0 Å². The summed E-state index contributed by atoms with van der Waals surface area (Å²) in [6.07, 6.45) is 0. The van der Waals surface area contributed by atoms with E-state index in [0.717, 1.165) is 0 Å². The molecule has 1 heterocycles. The van der Waals surface area contributed by atoms with Gasteiger partial charge >= 0.3 is 0 Å². The van der Waals surface area contributed by atoms with Crippen LogP contribution in [0.2, 0.25) is 0 Å². The smallest absolute Gasteiger partial charge is 0.0433 e. The van der Waals surface area contributed by atoms with Crippen molar-refractivity contribution in [3.05, 3.63) is 72.3 Å². The van der Waals surface area contributed by atoms with Crippen LogP contribution in [-0.2, 0) is 0 Å². The molecule has 1 aromatic heterocycles. The summed E-state index contributed by atoms with van der Waals surface area (Å²) in [5, 5.41) is 2.77. The van der Waals surface area contributed by atoms with Crippen molar-refractivity contribution in [3.8, 4) is 11.1 Å². The van der Waals surface area contributed by atoms with Crippen LogP contribution in [0.5, 0.6) is 0 Å². The predicted octanol–water partition coefficient (Wildman–Crippen LogP) is 6.84. The van der Waals surface area contributed by atoms with Gasteiger partial charge in [-0.05, 0) is 22.6 Å². The van der Waals surface area contributed by atoms with E-state index < -0.39 is 0 Å². The molecule has 4 rings (SSSR count). The molecule has 0 saturated heterocycles. The first-order valence-electron chi connectivity index (χ1n) is 7.75. The first kappa shape index (κ1) is 13.5. The van der Waals surface area contributed by atoms with E-state index in [0.29, 0.717) is 5.92 Å². The molecule has 0 aliphatic heterocycles. The Kier molecular flexibility index (Phi) is 3.24. The zero-order valence-corrected chi connectivity index (χ0v) is 13.7. The maximum Gasteiger partial charge on any atom is 0.0433 e. The minimum atomic E-state index is 0.553. The lowest BCUT2D eigenvalue weighted by atomic mass is 9.99. The summed E-state index contributed by atoms with van der Waals surface area (Å²) >= 11 is 1.94. The van der Waals surface area contributed by atoms with Gasteiger partial charge < -0.3 is 0 Å². The normalized spacial score (nSPS) is 11.6. The van der Waals surface area contributed by atoms with E-state index in [9.17, 15) is 0 Å². The average molecular weight is 302 g/mol. The summed E-state index contributed by atoms with van der Waals surface area (Å²) in [5.74, 6) is 0.553. The largest absolute Gasteiger partial charge is 0.134 e. The van der Waals surface area contributed by atoms with Gasteiger partial charge in [0.2, 0.25) is 0 Å². The van der Waals surface area contributed by atoms with Gasteiger partial charge in [-0.1, -0.05) is 80.6 Å². The number of fused-ring (bicyclic) bond motifs is 3. The monoisotopic (exact) mass is 302 g/mol. The molecule has 0 aliphatic rings. The van der Waals surface area contributed by atoms with E-state index in [2.05, 4.69) is 80.6 Å². The quantitative estimate of drug-likeness (QED) is 0.380. The molecule has 1 heteroatoms. The molecule has 22 heavy (non-hydrogen) atoms. The molecule has 108 valence electrons. The van der Waals surface area contributed by atoms with Crippen LogP contribution in [0.1, 0.15) is 25.3 Å². The van der Waals surface area contributed by atoms with Gasteiger partial charge in [0.1, 0.15) is 0 Å². The van der Waals surface area contributed by atoms with Gasteiger partial charge in [-0.3, -0.25) is 0 Å². The first-order chi connectivity index (χ1) is 10.8. The van der Waals surface area contributed by atoms with E-state index >= 15 is 0 Å². The van der Waals surface area contributed by atoms with Crippen molar-refractivity contribution < 1.29 is 0 Å². The highest BCUT2D eigenvalue weighted by molar-refractivity contribution is 7.26. The maximum absolute atomic E-state index is 2.28. The van der Waals surface area contributed by atoms with Crippen molar-refractivity contribution in [1.29, 1.82) is 0 Å². The van der Waals surface area contributed by atoms with Crippen LogP contribution in [-0.4, -0.2) is 0 Å². The Labute approximate surface area is 135 Å². The van der Waals surface area contributed by atoms with Crippen molar-refractivity contribution in [2.75, 3.05) is 0 Å². The SMILES string of the molecule is CC(C)c1cccc2c1sc1c(-c3ccccc3)cccc12. The van der Waals surface area contributed by atoms with Gasteiger partial charge in [0.15, 0.2) is 0 Å². The Morgan fingerprint density at radius 1 is 0.682 bits per heavy atom. The van der Waals surface area contributed by atoms with Crippen LogP contribution in [0.4, 0.5) is 0 Å². The van der Waals surface area contributed by atoms with Crippen molar-refractivity contribution in [2.24, 2.45) is 0 Å². The van der Waals surface area contributed by atoms with Crippen molar-refractivity contribution in [1.82, 2.24) is 0 Å². The Balaban J connectivity index is 2.10. The summed E-state index contributed by atoms with van der Waals surface area (Å²) in [6, 6.07) is 24.1. The molecule has 0 atom stereocenters. The maximum atomic E-state index is 2.28. The van der Waals surface area contributed by atoms with E-state index in [1.54, 1.807) is 0 Å². The fraction of sp³-hybridized carbons (Fsp3) is 0.143. The van der Waals surface area contributed by atoms with Crippen LogP contribution in [0, 0.1) is 0 Å². The lowest BCUT2D eigenvalue weighted by molar-refractivity contribution is 0.878. The third-order valence-corrected chi connectivity index (χ3v) is 5.57. The summed E-state index contributed by atoms with van der Waals surface area (Å²) < 4.78 is 2.84. The summed E-state index contributed by atoms with van der Waals surface area (Å²) in [5.41, 5.74) is 4.09. The molecule has 0 radical (unpaired) electrons. The highest BCUT2D eigenvalue weighted by Crippen LogP contribution is 2.42. The highest BCUT2D eigenvalue weighted by atomic mass is 32.1. The average Bonchev–Trinajstić information content (AvgIpc) is 2.94. The molecular formula is C21H18S. The molecule has 0 nitrogen and oxygen atoms in total. The minimum absolute atomic E-state index is 0.553. The third-order valence-electron chi connectivity index (χ3n) is 4.26. The van der Waals surface area contributed by atoms with E-state index in [1.165, 1.54) is 36.9 Å². The Bertz CT molecular complexity index is 946. The lowest BCUT2D eigenvalue weighted by Gasteiger charge is -2.05. The Morgan fingerprint density at radius 3 is 2.09 bits per heavy atom. The third kappa shape index (κ3) is 2.05. The predicted molar refractivity (Wildman–Crippen MR) is 98.9 cm³/mol. The van der Waals surface area contributed by atoms with E-state index in [-0.39, 0.29) is 0 Å². The molecule has 3 aromatic carbocycles. The number of rotatable bonds is 2. The van der Waals surface area contributed by atoms with Crippen molar-refractivity contribution in [3.63, 3.8) is 0 Å². The zero-order chi connectivity index (χ0) is 15.1. The molecule has 4 aromatic rings. The van der Waals surface area contributed by atoms with Crippen molar-refractivity contribution >= 4 is 31.5 Å². The molecule has 0 spiro atoms. The van der Waals surface area contributed by atoms with Crippen LogP contribution in [0.3, 0.4) is 0 Å². The van der Waals surface area contributed by atoms with Gasteiger partial charge in [0.05, 0.1) is 0 Å². The molecule has 0 saturated carbocycles. The van der Waals surface area contributed by atoms with E-state index in [4.69, 9.17) is 0 Å². The van der Waals surface area contributed by atoms with E-state index in [1.807, 2.05) is 11.3 Å². The number of benzene rings is 3. The molecule has 0 amide bonds.